The number of hydrogen-bond donors (Lipinski definition) is 3. The number of nitrogens with zero attached hydrogens (tertiary/aromatic N) is 4. The Balaban J connectivity index is 1.64. The van der Waals surface area contributed by atoms with E-state index in [9.17, 15) is 29.4 Å². The van der Waals surface area contributed by atoms with Crippen molar-refractivity contribution in [3.05, 3.63) is 42.5 Å². The second-order valence-electron chi connectivity index (χ2n) is 6.77. The predicted molar refractivity (Wildman–Crippen MR) is 101 cm³/mol. The first-order valence-electron chi connectivity index (χ1n) is 9.08. The Morgan fingerprint density at radius 3 is 2.75 bits per heavy atom. The lowest BCUT2D eigenvalue weighted by Crippen LogP contribution is -2.38. The second-order valence-corrected chi connectivity index (χ2v) is 7.92. The summed E-state index contributed by atoms with van der Waals surface area (Å²) in [6, 6.07) is 5.52. The Labute approximate surface area is 179 Å². The molecular weight excluding hydrogens is 449 g/mol. The number of para-hydroxylation sites is 1. The number of nitrogens with two attached hydrogens (primary N) is 1. The highest BCUT2D eigenvalue weighted by Crippen LogP contribution is 2.36. The van der Waals surface area contributed by atoms with E-state index >= 15 is 0 Å². The molecule has 170 valence electrons. The molecule has 4 N–H and O–H groups in total. The molecule has 1 aliphatic rings. The van der Waals surface area contributed by atoms with Crippen LogP contribution in [0.25, 0.3) is 11.2 Å². The molecule has 1 saturated heterocycles. The lowest BCUT2D eigenvalue weighted by Gasteiger charge is -2.30. The normalized spacial score (nSPS) is 23.5. The van der Waals surface area contributed by atoms with Crippen molar-refractivity contribution in [2.45, 2.75) is 24.5 Å². The van der Waals surface area contributed by atoms with Crippen LogP contribution in [0, 0.1) is 0 Å². The van der Waals surface area contributed by atoms with Crippen LogP contribution in [0.2, 0.25) is 0 Å². The number of fused-ring (bicyclic) bond motifs is 1. The van der Waals surface area contributed by atoms with Gasteiger partial charge in [0.05, 0.1) is 20.8 Å². The maximum atomic E-state index is 12.5. The molecule has 1 aliphatic heterocycles. The molecule has 2 aromatic heterocycles. The quantitative estimate of drug-likeness (QED) is 0.277. The Morgan fingerprint density at radius 1 is 1.28 bits per heavy atom. The van der Waals surface area contributed by atoms with Crippen molar-refractivity contribution in [2.24, 2.45) is 0 Å². The summed E-state index contributed by atoms with van der Waals surface area (Å²) < 4.78 is 27.4. The van der Waals surface area contributed by atoms with Crippen LogP contribution in [0.5, 0.6) is 5.75 Å². The minimum Gasteiger partial charge on any atom is -0.790 e. The number of aliphatic hydroxyl groups excluding tert-OH is 1. The fourth-order valence-corrected chi connectivity index (χ4v) is 3.61. The molecule has 3 aromatic rings. The molecule has 14 nitrogen and oxygen atoms in total. The van der Waals surface area contributed by atoms with Crippen molar-refractivity contribution >= 4 is 30.8 Å². The lowest BCUT2D eigenvalue weighted by atomic mass is 10.1. The summed E-state index contributed by atoms with van der Waals surface area (Å²) in [4.78, 5) is 46.3. The van der Waals surface area contributed by atoms with Gasteiger partial charge in [-0.2, -0.15) is 0 Å². The molecule has 3 heterocycles. The van der Waals surface area contributed by atoms with Gasteiger partial charge < -0.3 is 44.3 Å². The number of rotatable bonds is 6. The molecule has 0 spiro atoms. The van der Waals surface area contributed by atoms with E-state index in [0.717, 1.165) is 0 Å². The minimum atomic E-state index is -5.39. The topological polar surface area (TPSA) is 218 Å². The summed E-state index contributed by atoms with van der Waals surface area (Å²) in [6.45, 7) is -0.833. The SMILES string of the molecule is Nc1ncnc2c1ncn2[C@@H]1O[C@H](COP(=O)([O-])[O-])[C@@H](OC(=O)c2ccccc2O)[C@H]1O. The van der Waals surface area contributed by atoms with E-state index in [4.69, 9.17) is 15.2 Å². The van der Waals surface area contributed by atoms with Crippen molar-refractivity contribution in [3.63, 3.8) is 0 Å². The number of nitrogen functional groups attached to an aromatic ring is 1. The molecule has 15 heteroatoms. The number of ether oxygens (including phenoxy) is 2. The predicted octanol–water partition coefficient (Wildman–Crippen LogP) is -1.56. The van der Waals surface area contributed by atoms with Crippen LogP contribution in [0.15, 0.2) is 36.9 Å². The number of carbonyl (C=O) groups excluding carboxylic acids is 1. The first-order valence-corrected chi connectivity index (χ1v) is 10.5. The lowest BCUT2D eigenvalue weighted by molar-refractivity contribution is -0.343. The summed E-state index contributed by atoms with van der Waals surface area (Å²) in [5.74, 6) is -1.31. The summed E-state index contributed by atoms with van der Waals surface area (Å²) >= 11 is 0. The van der Waals surface area contributed by atoms with Crippen LogP contribution < -0.4 is 15.5 Å². The zero-order valence-electron chi connectivity index (χ0n) is 16.0. The Morgan fingerprint density at radius 2 is 2.03 bits per heavy atom. The molecule has 4 atom stereocenters. The largest absolute Gasteiger partial charge is 0.790 e. The third kappa shape index (κ3) is 4.27. The number of aromatic nitrogens is 4. The van der Waals surface area contributed by atoms with Gasteiger partial charge in [-0.25, -0.2) is 19.7 Å². The maximum absolute atomic E-state index is 12.5. The van der Waals surface area contributed by atoms with E-state index in [0.29, 0.717) is 0 Å². The number of hydrogen-bond acceptors (Lipinski definition) is 13. The highest BCUT2D eigenvalue weighted by molar-refractivity contribution is 7.43. The van der Waals surface area contributed by atoms with E-state index in [1.165, 1.54) is 41.5 Å². The number of anilines is 1. The molecule has 0 unspecified atom stereocenters. The second kappa shape index (κ2) is 8.43. The van der Waals surface area contributed by atoms with E-state index < -0.39 is 44.9 Å². The molecule has 0 saturated carbocycles. The van der Waals surface area contributed by atoms with Crippen LogP contribution in [0.4, 0.5) is 5.82 Å². The molecule has 32 heavy (non-hydrogen) atoms. The number of phosphoric ester groups is 1. The van der Waals surface area contributed by atoms with Crippen LogP contribution in [0.3, 0.4) is 0 Å². The average molecular weight is 465 g/mol. The first kappa shape index (κ1) is 22.1. The molecule has 0 radical (unpaired) electrons. The number of imidazole rings is 1. The maximum Gasteiger partial charge on any atom is 0.342 e. The standard InChI is InChI=1S/C17H18N5O9P/c18-14-11-15(20-6-19-14)22(7-21-11)16-12(24)13(10(30-16)5-29-32(26,27)28)31-17(25)8-3-1-2-4-9(8)23/h1-4,6-7,10,12-13,16,23-24H,5H2,(H2,18,19,20)(H2,26,27,28)/p-2/t10-,12-,13-,16-/m1/s1. The van der Waals surface area contributed by atoms with Gasteiger partial charge in [0.1, 0.15) is 35.4 Å². The highest BCUT2D eigenvalue weighted by Gasteiger charge is 2.48. The number of phosphoric acid groups is 1. The molecule has 4 rings (SSSR count). The van der Waals surface area contributed by atoms with E-state index in [-0.39, 0.29) is 28.3 Å². The number of aliphatic hydroxyl groups is 1. The van der Waals surface area contributed by atoms with Gasteiger partial charge in [-0.3, -0.25) is 4.57 Å². The Hall–Kier alpha value is -3.13. The van der Waals surface area contributed by atoms with Gasteiger partial charge in [0.25, 0.3) is 0 Å². The smallest absolute Gasteiger partial charge is 0.342 e. The van der Waals surface area contributed by atoms with E-state index in [2.05, 4.69) is 19.5 Å². The third-order valence-electron chi connectivity index (χ3n) is 4.73. The fourth-order valence-electron chi connectivity index (χ4n) is 3.28. The molecule has 1 fully saturated rings. The number of carbonyl (C=O) groups is 1. The van der Waals surface area contributed by atoms with Crippen molar-refractivity contribution in [1.82, 2.24) is 19.5 Å². The number of phenolic OH excluding ortho intramolecular Hbond substituents is 1. The van der Waals surface area contributed by atoms with Crippen molar-refractivity contribution in [1.29, 1.82) is 0 Å². The summed E-state index contributed by atoms with van der Waals surface area (Å²) in [5, 5.41) is 20.7. The van der Waals surface area contributed by atoms with Gasteiger partial charge in [-0.1, -0.05) is 12.1 Å². The molecule has 1 aromatic carbocycles. The summed E-state index contributed by atoms with van der Waals surface area (Å²) in [7, 11) is -5.39. The van der Waals surface area contributed by atoms with Gasteiger partial charge >= 0.3 is 5.97 Å². The van der Waals surface area contributed by atoms with Crippen molar-refractivity contribution in [2.75, 3.05) is 12.3 Å². The van der Waals surface area contributed by atoms with Gasteiger partial charge in [0.2, 0.25) is 0 Å². The Kier molecular flexibility index (Phi) is 5.81. The van der Waals surface area contributed by atoms with Gasteiger partial charge in [-0.15, -0.1) is 0 Å². The molecule has 0 amide bonds. The number of esters is 1. The molecular formula is C17H16N5O9P-2. The van der Waals surface area contributed by atoms with Gasteiger partial charge in [0, 0.05) is 0 Å². The zero-order valence-corrected chi connectivity index (χ0v) is 16.9. The zero-order chi connectivity index (χ0) is 23.0. The van der Waals surface area contributed by atoms with Crippen LogP contribution in [-0.4, -0.2) is 60.6 Å². The fraction of sp³-hybridized carbons (Fsp3) is 0.294. The van der Waals surface area contributed by atoms with E-state index in [1.54, 1.807) is 0 Å². The average Bonchev–Trinajstić information content (AvgIpc) is 3.29. The van der Waals surface area contributed by atoms with Crippen LogP contribution in [-0.2, 0) is 18.6 Å². The number of benzene rings is 1. The molecule has 0 bridgehead atoms. The summed E-state index contributed by atoms with van der Waals surface area (Å²) in [6.07, 6.45) is -3.25. The van der Waals surface area contributed by atoms with E-state index in [1.807, 2.05) is 0 Å². The van der Waals surface area contributed by atoms with Gasteiger partial charge in [0.15, 0.2) is 23.8 Å². The van der Waals surface area contributed by atoms with Crippen molar-refractivity contribution < 1.29 is 43.4 Å². The Bertz CT molecular complexity index is 1200. The first-order chi connectivity index (χ1) is 15.2. The monoisotopic (exact) mass is 465 g/mol. The van der Waals surface area contributed by atoms with Crippen LogP contribution >= 0.6 is 7.82 Å². The highest BCUT2D eigenvalue weighted by atomic mass is 31.2. The van der Waals surface area contributed by atoms with Gasteiger partial charge in [-0.05, 0) is 12.1 Å². The number of aromatic hydroxyl groups is 1. The minimum absolute atomic E-state index is 0.0716. The number of phenols is 1. The summed E-state index contributed by atoms with van der Waals surface area (Å²) in [5.41, 5.74) is 5.96. The third-order valence-corrected chi connectivity index (χ3v) is 5.20. The van der Waals surface area contributed by atoms with Crippen molar-refractivity contribution in [3.8, 4) is 5.75 Å². The van der Waals surface area contributed by atoms with Crippen LogP contribution in [0.1, 0.15) is 16.6 Å². The molecule has 0 aliphatic carbocycles.